The van der Waals surface area contributed by atoms with Crippen LogP contribution in [0.4, 0.5) is 8.78 Å². The molecule has 1 N–H and O–H groups in total. The average Bonchev–Trinajstić information content (AvgIpc) is 3.49. The minimum absolute atomic E-state index is 0.00222. The lowest BCUT2D eigenvalue weighted by molar-refractivity contribution is -0.230. The molecule has 220 valence electrons. The second kappa shape index (κ2) is 9.80. The lowest BCUT2D eigenvalue weighted by Gasteiger charge is -2.63. The zero-order chi connectivity index (χ0) is 30.1. The highest BCUT2D eigenvalue weighted by molar-refractivity contribution is 7.09. The quantitative estimate of drug-likeness (QED) is 0.487. The summed E-state index contributed by atoms with van der Waals surface area (Å²) in [7, 11) is 0. The molecule has 5 rings (SSSR count). The predicted molar refractivity (Wildman–Crippen MR) is 144 cm³/mol. The van der Waals surface area contributed by atoms with E-state index in [1.165, 1.54) is 35.8 Å². The van der Waals surface area contributed by atoms with Gasteiger partial charge >= 0.3 is 11.9 Å². The van der Waals surface area contributed by atoms with Crippen LogP contribution in [0.15, 0.2) is 29.2 Å². The Labute approximate surface area is 241 Å². The number of alkyl halides is 2. The largest absolute Gasteiger partial charge is 0.447 e. The third kappa shape index (κ3) is 3.89. The van der Waals surface area contributed by atoms with Crippen molar-refractivity contribution in [2.24, 2.45) is 28.6 Å². The van der Waals surface area contributed by atoms with Gasteiger partial charge in [-0.2, -0.15) is 5.26 Å². The van der Waals surface area contributed by atoms with E-state index in [1.807, 2.05) is 13.8 Å². The Morgan fingerprint density at radius 3 is 2.63 bits per heavy atom. The molecule has 1 aromatic rings. The number of allylic oxidation sites excluding steroid dienone is 4. The van der Waals surface area contributed by atoms with Crippen LogP contribution in [0.3, 0.4) is 0 Å². The fraction of sp³-hybridized carbons (Fsp3) is 0.633. The molecule has 8 nitrogen and oxygen atoms in total. The van der Waals surface area contributed by atoms with Crippen molar-refractivity contribution >= 4 is 29.1 Å². The minimum Gasteiger partial charge on any atom is -0.447 e. The number of aromatic nitrogens is 1. The molecule has 0 spiro atoms. The summed E-state index contributed by atoms with van der Waals surface area (Å²) in [4.78, 5) is 43.8. The Hall–Kier alpha value is -2.97. The van der Waals surface area contributed by atoms with Gasteiger partial charge in [0.1, 0.15) is 12.2 Å². The van der Waals surface area contributed by atoms with Crippen LogP contribution in [0.25, 0.3) is 0 Å². The van der Waals surface area contributed by atoms with Gasteiger partial charge < -0.3 is 14.6 Å². The zero-order valence-electron chi connectivity index (χ0n) is 23.6. The number of halogens is 2. The number of nitrogens with zero attached hydrogens (tertiary/aromatic N) is 2. The fourth-order valence-corrected chi connectivity index (χ4v) is 9.07. The van der Waals surface area contributed by atoms with Gasteiger partial charge in [0.05, 0.1) is 11.1 Å². The average molecular weight is 589 g/mol. The van der Waals surface area contributed by atoms with Crippen molar-refractivity contribution in [1.82, 2.24) is 4.98 Å². The number of aliphatic hydroxyl groups excluding tert-OH is 1. The molecule has 4 aliphatic carbocycles. The number of nitriles is 1. The maximum absolute atomic E-state index is 17.5. The Balaban J connectivity index is 1.61. The number of thiazole rings is 1. The molecular weight excluding hydrogens is 554 g/mol. The maximum atomic E-state index is 17.5. The monoisotopic (exact) mass is 588 g/mol. The Kier molecular flexibility index (Phi) is 7.06. The van der Waals surface area contributed by atoms with Gasteiger partial charge in [-0.1, -0.05) is 33.8 Å². The first kappa shape index (κ1) is 29.5. The van der Waals surface area contributed by atoms with E-state index in [2.05, 4.69) is 4.98 Å². The summed E-state index contributed by atoms with van der Waals surface area (Å²) in [5, 5.41) is 23.0. The molecule has 0 radical (unpaired) electrons. The number of fused-ring (bicyclic) bond motifs is 5. The van der Waals surface area contributed by atoms with Gasteiger partial charge in [-0.25, -0.2) is 23.4 Å². The normalized spacial score (nSPS) is 41.1. The van der Waals surface area contributed by atoms with Gasteiger partial charge in [0.2, 0.25) is 5.60 Å². The number of carbonyl (C=O) groups is 3. The molecule has 9 atom stereocenters. The highest BCUT2D eigenvalue weighted by atomic mass is 32.1. The van der Waals surface area contributed by atoms with E-state index < -0.39 is 76.5 Å². The summed E-state index contributed by atoms with van der Waals surface area (Å²) >= 11 is 1.27. The van der Waals surface area contributed by atoms with Crippen LogP contribution in [-0.2, 0) is 19.1 Å². The van der Waals surface area contributed by atoms with Crippen molar-refractivity contribution in [3.8, 4) is 6.07 Å². The summed E-state index contributed by atoms with van der Waals surface area (Å²) in [6.07, 6.45) is -0.146. The van der Waals surface area contributed by atoms with Crippen LogP contribution in [0.5, 0.6) is 0 Å². The topological polar surface area (TPSA) is 127 Å². The summed E-state index contributed by atoms with van der Waals surface area (Å²) in [6.45, 7) is 8.07. The van der Waals surface area contributed by atoms with E-state index >= 15 is 8.78 Å². The lowest BCUT2D eigenvalue weighted by atomic mass is 9.44. The van der Waals surface area contributed by atoms with E-state index in [9.17, 15) is 19.5 Å². The summed E-state index contributed by atoms with van der Waals surface area (Å²) in [6, 6.07) is 1.75. The number of ketones is 1. The zero-order valence-corrected chi connectivity index (χ0v) is 24.5. The van der Waals surface area contributed by atoms with E-state index in [1.54, 1.807) is 19.9 Å². The molecule has 1 aromatic heterocycles. The summed E-state index contributed by atoms with van der Waals surface area (Å²) in [5.74, 6) is -4.75. The highest BCUT2D eigenvalue weighted by Crippen LogP contribution is 2.71. The third-order valence-electron chi connectivity index (χ3n) is 10.2. The maximum Gasteiger partial charge on any atom is 0.358 e. The lowest BCUT2D eigenvalue weighted by Crippen LogP contribution is -2.71. The second-order valence-corrected chi connectivity index (χ2v) is 13.5. The van der Waals surface area contributed by atoms with Crippen LogP contribution in [0.1, 0.15) is 75.3 Å². The molecule has 3 saturated carbocycles. The molecular formula is C30H34F2N2O6S. The molecule has 0 aromatic carbocycles. The fourth-order valence-electron chi connectivity index (χ4n) is 8.27. The van der Waals surface area contributed by atoms with Gasteiger partial charge in [-0.05, 0) is 49.8 Å². The number of hydrogen-bond acceptors (Lipinski definition) is 9. The van der Waals surface area contributed by atoms with Crippen molar-refractivity contribution in [3.05, 3.63) is 39.9 Å². The van der Waals surface area contributed by atoms with Gasteiger partial charge in [0, 0.05) is 34.0 Å². The van der Waals surface area contributed by atoms with Crippen molar-refractivity contribution < 1.29 is 37.7 Å². The van der Waals surface area contributed by atoms with Gasteiger partial charge in [0.15, 0.2) is 23.8 Å². The molecule has 41 heavy (non-hydrogen) atoms. The Bertz CT molecular complexity index is 1400. The number of carbonyl (C=O) groups excluding carboxylic acids is 3. The van der Waals surface area contributed by atoms with Crippen LogP contribution in [-0.4, -0.2) is 58.0 Å². The minimum atomic E-state index is -2.36. The number of rotatable bonds is 5. The number of hydrogen-bond donors (Lipinski definition) is 1. The molecule has 1 heterocycles. The standard InChI is InChI=1S/C30H34F2N2O6S/c1-15(2)24-34-22(14-41-24)25(37)40-30(26(38)39-9-8-33)16(3)10-18-19-12-21(31)20-11-17(35)6-7-27(20,4)29(19,32)23(36)13-28(18,30)5/h6-7,11,14-16,18-19,21,23,36H,9-10,12-13H2,1-5H3/t16-,18+,19+,21+,23+,27+,28+,29+,30+/m1/s1. The number of aliphatic hydroxyl groups is 1. The molecule has 3 fully saturated rings. The van der Waals surface area contributed by atoms with Gasteiger partial charge in [-0.3, -0.25) is 4.79 Å². The van der Waals surface area contributed by atoms with E-state index in [0.29, 0.717) is 5.01 Å². The summed E-state index contributed by atoms with van der Waals surface area (Å²) < 4.78 is 44.7. The second-order valence-electron chi connectivity index (χ2n) is 12.6. The molecule has 4 aliphatic rings. The van der Waals surface area contributed by atoms with Gasteiger partial charge in [0.25, 0.3) is 0 Å². The van der Waals surface area contributed by atoms with Crippen molar-refractivity contribution in [1.29, 1.82) is 5.26 Å². The van der Waals surface area contributed by atoms with Crippen molar-refractivity contribution in [2.45, 2.75) is 83.3 Å². The first-order chi connectivity index (χ1) is 19.2. The molecule has 0 saturated heterocycles. The van der Waals surface area contributed by atoms with Crippen LogP contribution in [0.2, 0.25) is 0 Å². The van der Waals surface area contributed by atoms with Crippen molar-refractivity contribution in [2.75, 3.05) is 6.61 Å². The molecule has 0 aliphatic heterocycles. The Morgan fingerprint density at radius 1 is 1.29 bits per heavy atom. The van der Waals surface area contributed by atoms with E-state index in [0.717, 1.165) is 6.08 Å². The molecule has 0 bridgehead atoms. The summed E-state index contributed by atoms with van der Waals surface area (Å²) in [5.41, 5.74) is -7.34. The first-order valence-corrected chi connectivity index (χ1v) is 14.7. The Morgan fingerprint density at radius 2 is 2.00 bits per heavy atom. The predicted octanol–water partition coefficient (Wildman–Crippen LogP) is 4.79. The van der Waals surface area contributed by atoms with Crippen LogP contribution in [0, 0.1) is 39.9 Å². The highest BCUT2D eigenvalue weighted by Gasteiger charge is 2.78. The SMILES string of the molecule is CC(C)c1nc(C(=O)O[C@]2(C(=O)OCC#N)[C@H](C)C[C@H]3[C@@H]4C[C@H](F)C5=CC(=O)C=C[C@]5(C)[C@@]4(F)[C@@H](O)C[C@@]32C)cs1. The molecule has 11 heteroatoms. The molecule has 0 amide bonds. The van der Waals surface area contributed by atoms with Crippen LogP contribution < -0.4 is 0 Å². The third-order valence-corrected chi connectivity index (χ3v) is 11.4. The smallest absolute Gasteiger partial charge is 0.358 e. The van der Waals surface area contributed by atoms with Crippen molar-refractivity contribution in [3.63, 3.8) is 0 Å². The number of esters is 2. The van der Waals surface area contributed by atoms with Crippen LogP contribution >= 0.6 is 11.3 Å². The number of ether oxygens (including phenoxy) is 2. The first-order valence-electron chi connectivity index (χ1n) is 13.9. The van der Waals surface area contributed by atoms with Gasteiger partial charge in [-0.15, -0.1) is 11.3 Å². The molecule has 0 unspecified atom stereocenters. The van der Waals surface area contributed by atoms with E-state index in [4.69, 9.17) is 14.7 Å². The van der Waals surface area contributed by atoms with E-state index in [-0.39, 0.29) is 36.4 Å².